The van der Waals surface area contributed by atoms with Crippen molar-refractivity contribution in [2.75, 3.05) is 11.9 Å². The van der Waals surface area contributed by atoms with Crippen LogP contribution in [-0.2, 0) is 0 Å². The maximum atomic E-state index is 14.2. The maximum Gasteiger partial charge on any atom is 0.319 e. The first kappa shape index (κ1) is 20.2. The van der Waals surface area contributed by atoms with Gasteiger partial charge in [-0.25, -0.2) is 24.1 Å². The number of carbonyl (C=O) groups excluding carboxylic acids is 1. The van der Waals surface area contributed by atoms with Crippen LogP contribution in [0.3, 0.4) is 0 Å². The molecule has 0 saturated carbocycles. The van der Waals surface area contributed by atoms with E-state index in [1.165, 1.54) is 23.1 Å². The minimum absolute atomic E-state index is 0.00409. The van der Waals surface area contributed by atoms with Crippen LogP contribution in [0, 0.1) is 18.2 Å². The van der Waals surface area contributed by atoms with E-state index in [4.69, 9.17) is 11.2 Å². The fourth-order valence-corrected chi connectivity index (χ4v) is 2.80. The molecule has 148 valence electrons. The van der Waals surface area contributed by atoms with Gasteiger partial charge >= 0.3 is 6.03 Å². The first-order chi connectivity index (χ1) is 14.0. The number of hydrogen-bond acceptors (Lipinski definition) is 6. The topological polar surface area (TPSA) is 107 Å². The molecule has 2 heterocycles. The zero-order chi connectivity index (χ0) is 20.8. The van der Waals surface area contributed by atoms with Crippen LogP contribution in [0.15, 0.2) is 41.4 Å². The molecule has 0 saturated heterocycles. The van der Waals surface area contributed by atoms with Crippen LogP contribution in [0.1, 0.15) is 18.8 Å². The van der Waals surface area contributed by atoms with Gasteiger partial charge in [0.1, 0.15) is 24.5 Å². The number of hydrogen-bond donors (Lipinski definition) is 2. The largest absolute Gasteiger partial charge is 0.480 e. The summed E-state index contributed by atoms with van der Waals surface area (Å²) in [6, 6.07) is 2.96. The highest BCUT2D eigenvalue weighted by molar-refractivity contribution is 9.10. The first-order valence-electron chi connectivity index (χ1n) is 8.29. The molecule has 1 aromatic carbocycles. The lowest BCUT2D eigenvalue weighted by molar-refractivity contribution is 0.248. The molecule has 0 bridgehead atoms. The number of halogens is 2. The molecule has 0 aliphatic carbocycles. The third-order valence-corrected chi connectivity index (χ3v) is 4.25. The van der Waals surface area contributed by atoms with Crippen molar-refractivity contribution in [2.24, 2.45) is 0 Å². The molecular formula is C18H15BrFN7O2. The summed E-state index contributed by atoms with van der Waals surface area (Å²) < 4.78 is 21.3. The van der Waals surface area contributed by atoms with Crippen molar-refractivity contribution in [1.29, 1.82) is 0 Å². The van der Waals surface area contributed by atoms with Crippen molar-refractivity contribution in [3.05, 3.63) is 53.0 Å². The van der Waals surface area contributed by atoms with Gasteiger partial charge in [-0.3, -0.25) is 0 Å². The Morgan fingerprint density at radius 2 is 2.14 bits per heavy atom. The lowest BCUT2D eigenvalue weighted by Crippen LogP contribution is -2.33. The minimum atomic E-state index is -0.648. The van der Waals surface area contributed by atoms with E-state index in [0.29, 0.717) is 22.0 Å². The van der Waals surface area contributed by atoms with E-state index in [-0.39, 0.29) is 12.3 Å². The third kappa shape index (κ3) is 4.85. The Morgan fingerprint density at radius 1 is 1.38 bits per heavy atom. The Balaban J connectivity index is 1.72. The van der Waals surface area contributed by atoms with Gasteiger partial charge in [-0.05, 0) is 35.0 Å². The first-order valence-corrected chi connectivity index (χ1v) is 9.09. The van der Waals surface area contributed by atoms with Gasteiger partial charge in [0.15, 0.2) is 5.82 Å². The summed E-state index contributed by atoms with van der Waals surface area (Å²) in [7, 11) is 0. The van der Waals surface area contributed by atoms with Gasteiger partial charge in [0.25, 0.3) is 5.95 Å². The quantitative estimate of drug-likeness (QED) is 0.548. The SMILES string of the molecule is C#CCOc1cc(NC(=O)N[C@@H](C)c2ncnn2-c2ncccn2)c(F)cc1Br. The molecule has 11 heteroatoms. The van der Waals surface area contributed by atoms with Crippen LogP contribution in [0.4, 0.5) is 14.9 Å². The number of nitrogens with zero attached hydrogens (tertiary/aromatic N) is 5. The molecule has 0 radical (unpaired) electrons. The van der Waals surface area contributed by atoms with E-state index >= 15 is 0 Å². The maximum absolute atomic E-state index is 14.2. The Bertz CT molecular complexity index is 1050. The summed E-state index contributed by atoms with van der Waals surface area (Å²) in [5, 5.41) is 9.18. The van der Waals surface area contributed by atoms with Crippen LogP contribution in [0.5, 0.6) is 5.75 Å². The van der Waals surface area contributed by atoms with E-state index in [0.717, 1.165) is 0 Å². The molecule has 0 fully saturated rings. The van der Waals surface area contributed by atoms with E-state index in [1.807, 2.05) is 0 Å². The predicted octanol–water partition coefficient (Wildman–Crippen LogP) is 2.85. The Labute approximate surface area is 173 Å². The second-order valence-corrected chi connectivity index (χ2v) is 6.51. The molecule has 0 aliphatic rings. The highest BCUT2D eigenvalue weighted by Gasteiger charge is 2.19. The lowest BCUT2D eigenvalue weighted by atomic mass is 10.3. The number of amides is 2. The van der Waals surface area contributed by atoms with Crippen molar-refractivity contribution < 1.29 is 13.9 Å². The van der Waals surface area contributed by atoms with Gasteiger partial charge in [-0.15, -0.1) is 6.42 Å². The van der Waals surface area contributed by atoms with Gasteiger partial charge in [-0.1, -0.05) is 5.92 Å². The number of carbonyl (C=O) groups is 1. The zero-order valence-corrected chi connectivity index (χ0v) is 16.7. The Morgan fingerprint density at radius 3 is 2.86 bits per heavy atom. The second kappa shape index (κ2) is 9.11. The fourth-order valence-electron chi connectivity index (χ4n) is 2.37. The number of rotatable bonds is 6. The fraction of sp³-hybridized carbons (Fsp3) is 0.167. The van der Waals surface area contributed by atoms with Crippen molar-refractivity contribution in [2.45, 2.75) is 13.0 Å². The molecule has 3 aromatic rings. The number of anilines is 1. The number of terminal acetylenes is 1. The van der Waals surface area contributed by atoms with Gasteiger partial charge < -0.3 is 15.4 Å². The van der Waals surface area contributed by atoms with Crippen molar-refractivity contribution in [3.63, 3.8) is 0 Å². The van der Waals surface area contributed by atoms with E-state index in [1.54, 1.807) is 25.4 Å². The summed E-state index contributed by atoms with van der Waals surface area (Å²) in [5.74, 6) is 2.68. The number of nitrogens with one attached hydrogen (secondary N) is 2. The van der Waals surface area contributed by atoms with Crippen LogP contribution in [0.2, 0.25) is 0 Å². The summed E-state index contributed by atoms with van der Waals surface area (Å²) in [5.41, 5.74) is -0.0715. The third-order valence-electron chi connectivity index (χ3n) is 3.63. The second-order valence-electron chi connectivity index (χ2n) is 5.65. The molecule has 9 nitrogen and oxygen atoms in total. The normalized spacial score (nSPS) is 11.4. The predicted molar refractivity (Wildman–Crippen MR) is 106 cm³/mol. The highest BCUT2D eigenvalue weighted by Crippen LogP contribution is 2.31. The zero-order valence-electron chi connectivity index (χ0n) is 15.1. The molecule has 2 N–H and O–H groups in total. The van der Waals surface area contributed by atoms with Gasteiger partial charge in [0.2, 0.25) is 0 Å². The smallest absolute Gasteiger partial charge is 0.319 e. The molecule has 2 amide bonds. The standard InChI is InChI=1S/C18H15BrFN7O2/c1-3-7-29-15-9-14(13(20)8-12(15)19)26-18(28)25-11(2)16-23-10-24-27(16)17-21-5-4-6-22-17/h1,4-6,8-11H,7H2,2H3,(H2,25,26,28)/t11-/m0/s1. The highest BCUT2D eigenvalue weighted by atomic mass is 79.9. The summed E-state index contributed by atoms with van der Waals surface area (Å²) in [6.45, 7) is 1.70. The Hall–Kier alpha value is -3.52. The van der Waals surface area contributed by atoms with Crippen LogP contribution in [0.25, 0.3) is 5.95 Å². The Kier molecular flexibility index (Phi) is 6.36. The van der Waals surface area contributed by atoms with E-state index in [2.05, 4.69) is 52.5 Å². The molecule has 0 spiro atoms. The summed E-state index contributed by atoms with van der Waals surface area (Å²) in [6.07, 6.45) is 9.62. The van der Waals surface area contributed by atoms with Gasteiger partial charge in [-0.2, -0.15) is 9.78 Å². The monoisotopic (exact) mass is 459 g/mol. The molecular weight excluding hydrogens is 445 g/mol. The van der Waals surface area contributed by atoms with Crippen LogP contribution < -0.4 is 15.4 Å². The number of aromatic nitrogens is 5. The average Bonchev–Trinajstić information content (AvgIpc) is 3.20. The number of urea groups is 1. The van der Waals surface area contributed by atoms with Crippen LogP contribution in [-0.4, -0.2) is 37.4 Å². The molecule has 0 unspecified atom stereocenters. The number of benzene rings is 1. The molecule has 3 rings (SSSR count). The van der Waals surface area contributed by atoms with Crippen molar-refractivity contribution >= 4 is 27.6 Å². The van der Waals surface area contributed by atoms with E-state index in [9.17, 15) is 9.18 Å². The summed E-state index contributed by atoms with van der Waals surface area (Å²) >= 11 is 3.18. The summed E-state index contributed by atoms with van der Waals surface area (Å²) in [4.78, 5) is 24.7. The van der Waals surface area contributed by atoms with Crippen molar-refractivity contribution in [1.82, 2.24) is 30.0 Å². The molecule has 29 heavy (non-hydrogen) atoms. The van der Waals surface area contributed by atoms with Gasteiger partial charge in [0.05, 0.1) is 16.2 Å². The van der Waals surface area contributed by atoms with Crippen LogP contribution >= 0.6 is 15.9 Å². The molecule has 0 aliphatic heterocycles. The van der Waals surface area contributed by atoms with Crippen molar-refractivity contribution in [3.8, 4) is 24.0 Å². The molecule has 1 atom stereocenters. The van der Waals surface area contributed by atoms with E-state index < -0.39 is 17.9 Å². The lowest BCUT2D eigenvalue weighted by Gasteiger charge is -2.15. The number of ether oxygens (including phenoxy) is 1. The molecule has 2 aromatic heterocycles. The minimum Gasteiger partial charge on any atom is -0.480 e. The average molecular weight is 460 g/mol. The van der Waals surface area contributed by atoms with Gasteiger partial charge in [0, 0.05) is 18.5 Å².